The first-order valence-corrected chi connectivity index (χ1v) is 6.02. The highest BCUT2D eigenvalue weighted by atomic mass is 79.9. The van der Waals surface area contributed by atoms with Crippen molar-refractivity contribution in [3.63, 3.8) is 0 Å². The lowest BCUT2D eigenvalue weighted by atomic mass is 10.0. The van der Waals surface area contributed by atoms with Gasteiger partial charge in [0.15, 0.2) is 0 Å². The molecule has 1 fully saturated rings. The molecule has 15 heavy (non-hydrogen) atoms. The second-order valence-electron chi connectivity index (χ2n) is 4.06. The van der Waals surface area contributed by atoms with Crippen molar-refractivity contribution in [1.82, 2.24) is 5.32 Å². The highest BCUT2D eigenvalue weighted by Gasteiger charge is 2.26. The predicted octanol–water partition coefficient (Wildman–Crippen LogP) is 2.83. The minimum atomic E-state index is -0.0666. The first kappa shape index (κ1) is 10.7. The van der Waals surface area contributed by atoms with Gasteiger partial charge in [-0.05, 0) is 37.5 Å². The Labute approximate surface area is 98.2 Å². The number of hydrogen-bond acceptors (Lipinski definition) is 1. The van der Waals surface area contributed by atoms with Crippen LogP contribution in [0.5, 0.6) is 0 Å². The van der Waals surface area contributed by atoms with Gasteiger partial charge in [-0.15, -0.1) is 0 Å². The number of nitrogens with one attached hydrogen (secondary N) is 1. The van der Waals surface area contributed by atoms with E-state index in [2.05, 4.69) is 21.2 Å². The van der Waals surface area contributed by atoms with Crippen molar-refractivity contribution in [1.29, 1.82) is 0 Å². The zero-order valence-electron chi connectivity index (χ0n) is 8.66. The van der Waals surface area contributed by atoms with E-state index in [0.29, 0.717) is 6.04 Å². The Morgan fingerprint density at radius 1 is 1.53 bits per heavy atom. The summed E-state index contributed by atoms with van der Waals surface area (Å²) in [5.41, 5.74) is 1.06. The summed E-state index contributed by atoms with van der Waals surface area (Å²) in [6.45, 7) is 1.94. The van der Waals surface area contributed by atoms with Crippen LogP contribution in [0.25, 0.3) is 0 Å². The lowest BCUT2D eigenvalue weighted by molar-refractivity contribution is -0.122. The fourth-order valence-electron chi connectivity index (χ4n) is 1.48. The van der Waals surface area contributed by atoms with E-state index in [-0.39, 0.29) is 11.8 Å². The van der Waals surface area contributed by atoms with Crippen LogP contribution in [-0.2, 0) is 4.79 Å². The molecule has 3 heteroatoms. The van der Waals surface area contributed by atoms with Gasteiger partial charge in [-0.25, -0.2) is 0 Å². The molecule has 0 heterocycles. The number of amides is 1. The minimum absolute atomic E-state index is 0.0666. The van der Waals surface area contributed by atoms with Crippen LogP contribution in [0.15, 0.2) is 28.7 Å². The topological polar surface area (TPSA) is 29.1 Å². The molecular weight excluding hydrogens is 254 g/mol. The summed E-state index contributed by atoms with van der Waals surface area (Å²) in [6, 6.07) is 8.35. The van der Waals surface area contributed by atoms with Gasteiger partial charge in [-0.3, -0.25) is 4.79 Å². The summed E-state index contributed by atoms with van der Waals surface area (Å²) >= 11 is 3.41. The van der Waals surface area contributed by atoms with E-state index in [4.69, 9.17) is 0 Å². The van der Waals surface area contributed by atoms with Crippen molar-refractivity contribution in [2.24, 2.45) is 0 Å². The molecular formula is C12H14BrNO. The molecule has 1 saturated carbocycles. The quantitative estimate of drug-likeness (QED) is 0.897. The average molecular weight is 268 g/mol. The highest BCUT2D eigenvalue weighted by Crippen LogP contribution is 2.23. The maximum atomic E-state index is 11.8. The van der Waals surface area contributed by atoms with E-state index >= 15 is 0 Å². The molecule has 0 saturated heterocycles. The molecule has 0 bridgehead atoms. The zero-order valence-corrected chi connectivity index (χ0v) is 10.3. The molecule has 0 aromatic heterocycles. The number of carbonyl (C=O) groups is 1. The molecule has 1 aliphatic carbocycles. The number of halogens is 1. The van der Waals surface area contributed by atoms with Crippen LogP contribution in [0, 0.1) is 0 Å². The zero-order chi connectivity index (χ0) is 10.8. The molecule has 2 nitrogen and oxygen atoms in total. The van der Waals surface area contributed by atoms with Crippen molar-refractivity contribution in [2.45, 2.75) is 31.7 Å². The van der Waals surface area contributed by atoms with Crippen molar-refractivity contribution in [2.75, 3.05) is 0 Å². The van der Waals surface area contributed by atoms with Gasteiger partial charge in [0, 0.05) is 10.5 Å². The van der Waals surface area contributed by atoms with E-state index in [1.807, 2.05) is 31.2 Å². The van der Waals surface area contributed by atoms with Crippen LogP contribution >= 0.6 is 15.9 Å². The van der Waals surface area contributed by atoms with Gasteiger partial charge in [0.1, 0.15) is 0 Å². The summed E-state index contributed by atoms with van der Waals surface area (Å²) in [6.07, 6.45) is 2.27. The number of hydrogen-bond donors (Lipinski definition) is 1. The maximum Gasteiger partial charge on any atom is 0.227 e. The third-order valence-electron chi connectivity index (χ3n) is 2.67. The number of rotatable bonds is 3. The SMILES string of the molecule is CC(C(=O)NC1CC1)c1cccc(Br)c1. The predicted molar refractivity (Wildman–Crippen MR) is 63.7 cm³/mol. The van der Waals surface area contributed by atoms with Gasteiger partial charge in [-0.1, -0.05) is 28.1 Å². The largest absolute Gasteiger partial charge is 0.353 e. The smallest absolute Gasteiger partial charge is 0.227 e. The Balaban J connectivity index is 2.05. The Hall–Kier alpha value is -0.830. The Bertz CT molecular complexity index is 374. The van der Waals surface area contributed by atoms with Gasteiger partial charge < -0.3 is 5.32 Å². The van der Waals surface area contributed by atoms with Crippen molar-refractivity contribution >= 4 is 21.8 Å². The molecule has 0 radical (unpaired) electrons. The van der Waals surface area contributed by atoms with E-state index in [1.54, 1.807) is 0 Å². The fourth-order valence-corrected chi connectivity index (χ4v) is 1.90. The van der Waals surface area contributed by atoms with Crippen LogP contribution < -0.4 is 5.32 Å². The first-order valence-electron chi connectivity index (χ1n) is 5.22. The second kappa shape index (κ2) is 4.35. The summed E-state index contributed by atoms with van der Waals surface area (Å²) in [5.74, 6) is 0.0682. The van der Waals surface area contributed by atoms with Crippen molar-refractivity contribution in [3.8, 4) is 0 Å². The van der Waals surface area contributed by atoms with E-state index in [9.17, 15) is 4.79 Å². The van der Waals surface area contributed by atoms with Gasteiger partial charge in [-0.2, -0.15) is 0 Å². The van der Waals surface area contributed by atoms with Crippen LogP contribution in [0.3, 0.4) is 0 Å². The van der Waals surface area contributed by atoms with Crippen LogP contribution in [0.1, 0.15) is 31.2 Å². The minimum Gasteiger partial charge on any atom is -0.353 e. The maximum absolute atomic E-state index is 11.8. The van der Waals surface area contributed by atoms with E-state index in [1.165, 1.54) is 0 Å². The lowest BCUT2D eigenvalue weighted by Gasteiger charge is -2.12. The average Bonchev–Trinajstić information content (AvgIpc) is 3.00. The van der Waals surface area contributed by atoms with Gasteiger partial charge in [0.2, 0.25) is 5.91 Å². The Morgan fingerprint density at radius 2 is 2.27 bits per heavy atom. The van der Waals surface area contributed by atoms with E-state index < -0.39 is 0 Å². The van der Waals surface area contributed by atoms with Gasteiger partial charge in [0.25, 0.3) is 0 Å². The summed E-state index contributed by atoms with van der Waals surface area (Å²) in [4.78, 5) is 11.8. The summed E-state index contributed by atoms with van der Waals surface area (Å²) in [7, 11) is 0. The third-order valence-corrected chi connectivity index (χ3v) is 3.16. The monoisotopic (exact) mass is 267 g/mol. The lowest BCUT2D eigenvalue weighted by Crippen LogP contribution is -2.29. The molecule has 1 aromatic rings. The first-order chi connectivity index (χ1) is 7.16. The van der Waals surface area contributed by atoms with E-state index in [0.717, 1.165) is 22.9 Å². The molecule has 1 aromatic carbocycles. The van der Waals surface area contributed by atoms with Crippen LogP contribution in [-0.4, -0.2) is 11.9 Å². The standard InChI is InChI=1S/C12H14BrNO/c1-8(12(15)14-11-5-6-11)9-3-2-4-10(13)7-9/h2-4,7-8,11H,5-6H2,1H3,(H,14,15). The molecule has 1 atom stereocenters. The fraction of sp³-hybridized carbons (Fsp3) is 0.417. The Kier molecular flexibility index (Phi) is 3.10. The molecule has 2 rings (SSSR count). The molecule has 1 unspecified atom stereocenters. The molecule has 1 aliphatic rings. The molecule has 1 N–H and O–H groups in total. The summed E-state index contributed by atoms with van der Waals surface area (Å²) in [5, 5.41) is 3.02. The molecule has 0 aliphatic heterocycles. The number of carbonyl (C=O) groups excluding carboxylic acids is 1. The highest BCUT2D eigenvalue weighted by molar-refractivity contribution is 9.10. The molecule has 1 amide bonds. The molecule has 0 spiro atoms. The second-order valence-corrected chi connectivity index (χ2v) is 4.98. The van der Waals surface area contributed by atoms with Gasteiger partial charge >= 0.3 is 0 Å². The number of benzene rings is 1. The van der Waals surface area contributed by atoms with Crippen molar-refractivity contribution in [3.05, 3.63) is 34.3 Å². The van der Waals surface area contributed by atoms with Crippen LogP contribution in [0.2, 0.25) is 0 Å². The Morgan fingerprint density at radius 3 is 2.87 bits per heavy atom. The van der Waals surface area contributed by atoms with Crippen molar-refractivity contribution < 1.29 is 4.79 Å². The normalized spacial score (nSPS) is 17.2. The molecule has 80 valence electrons. The third kappa shape index (κ3) is 2.81. The summed E-state index contributed by atoms with van der Waals surface area (Å²) < 4.78 is 1.02. The van der Waals surface area contributed by atoms with Gasteiger partial charge in [0.05, 0.1) is 5.92 Å². The van der Waals surface area contributed by atoms with Crippen LogP contribution in [0.4, 0.5) is 0 Å².